The number of aromatic nitrogens is 1. The third-order valence-electron chi connectivity index (χ3n) is 7.13. The second-order valence-electron chi connectivity index (χ2n) is 9.48. The Hall–Kier alpha value is -4.36. The molecular formula is C35H29N. The van der Waals surface area contributed by atoms with Crippen LogP contribution in [-0.4, -0.2) is 4.57 Å². The van der Waals surface area contributed by atoms with Gasteiger partial charge >= 0.3 is 0 Å². The molecule has 0 N–H and O–H groups in total. The van der Waals surface area contributed by atoms with Crippen LogP contribution in [0, 0.1) is 5.92 Å². The lowest BCUT2D eigenvalue weighted by Gasteiger charge is -2.16. The summed E-state index contributed by atoms with van der Waals surface area (Å²) in [4.78, 5) is 0. The molecule has 0 amide bonds. The monoisotopic (exact) mass is 463 g/mol. The van der Waals surface area contributed by atoms with Gasteiger partial charge in [-0.05, 0) is 64.2 Å². The van der Waals surface area contributed by atoms with Gasteiger partial charge < -0.3 is 4.57 Å². The summed E-state index contributed by atoms with van der Waals surface area (Å²) in [5.74, 6) is 0.382. The minimum atomic E-state index is 0.382. The van der Waals surface area contributed by atoms with Crippen LogP contribution in [0.2, 0.25) is 0 Å². The van der Waals surface area contributed by atoms with E-state index in [0.717, 1.165) is 16.1 Å². The van der Waals surface area contributed by atoms with E-state index in [1.165, 1.54) is 44.1 Å². The molecule has 1 aliphatic carbocycles. The molecule has 6 rings (SSSR count). The average molecular weight is 464 g/mol. The summed E-state index contributed by atoms with van der Waals surface area (Å²) in [6, 6.07) is 28.3. The first-order chi connectivity index (χ1) is 17.7. The standard InChI is InChI=1S/C35H29N/c1-4-5-12-26-23-27-21-19-24(2)20-22-29(27)34(25(26)3)32-17-11-16-31-30-15-9-10-18-33(30)36(35(31)32)28-13-7-6-8-14-28/h4-24H,3H2,1-2H3/b5-4-,26-12-. The number of hydrogen-bond acceptors (Lipinski definition) is 0. The van der Waals surface area contributed by atoms with Gasteiger partial charge in [-0.1, -0.05) is 111 Å². The number of fused-ring (bicyclic) bond motifs is 4. The molecule has 1 unspecified atom stereocenters. The second-order valence-corrected chi connectivity index (χ2v) is 9.48. The van der Waals surface area contributed by atoms with Crippen molar-refractivity contribution in [3.8, 4) is 16.8 Å². The third-order valence-corrected chi connectivity index (χ3v) is 7.13. The number of nitrogens with zero attached hydrogens (tertiary/aromatic N) is 1. The largest absolute Gasteiger partial charge is 0.309 e. The first-order valence-electron chi connectivity index (χ1n) is 12.6. The molecule has 1 atom stereocenters. The number of hydrogen-bond donors (Lipinski definition) is 0. The zero-order valence-electron chi connectivity index (χ0n) is 20.8. The van der Waals surface area contributed by atoms with Gasteiger partial charge in [-0.2, -0.15) is 0 Å². The van der Waals surface area contributed by atoms with Crippen LogP contribution in [0.15, 0.2) is 103 Å². The molecule has 0 radical (unpaired) electrons. The first-order valence-corrected chi connectivity index (χ1v) is 12.6. The van der Waals surface area contributed by atoms with Crippen molar-refractivity contribution in [3.05, 3.63) is 125 Å². The molecule has 0 bridgehead atoms. The lowest BCUT2D eigenvalue weighted by Crippen LogP contribution is -2.27. The molecule has 1 nitrogen and oxygen atoms in total. The fourth-order valence-electron chi connectivity index (χ4n) is 5.39. The summed E-state index contributed by atoms with van der Waals surface area (Å²) in [6.45, 7) is 8.91. The molecule has 1 heteroatoms. The summed E-state index contributed by atoms with van der Waals surface area (Å²) >= 11 is 0. The molecule has 0 saturated heterocycles. The van der Waals surface area contributed by atoms with Crippen LogP contribution in [0.25, 0.3) is 63.4 Å². The minimum Gasteiger partial charge on any atom is -0.309 e. The molecule has 0 spiro atoms. The molecule has 0 aliphatic heterocycles. The number of benzene rings is 4. The van der Waals surface area contributed by atoms with Gasteiger partial charge in [-0.25, -0.2) is 0 Å². The molecule has 36 heavy (non-hydrogen) atoms. The Balaban J connectivity index is 1.82. The molecule has 1 aromatic heterocycles. The molecule has 1 heterocycles. The Kier molecular flexibility index (Phi) is 5.54. The van der Waals surface area contributed by atoms with Crippen molar-refractivity contribution in [3.63, 3.8) is 0 Å². The van der Waals surface area contributed by atoms with Crippen LogP contribution >= 0.6 is 0 Å². The topological polar surface area (TPSA) is 4.93 Å². The van der Waals surface area contributed by atoms with Crippen molar-refractivity contribution < 1.29 is 0 Å². The quantitative estimate of drug-likeness (QED) is 0.256. The Morgan fingerprint density at radius 3 is 2.42 bits per heavy atom. The van der Waals surface area contributed by atoms with Gasteiger partial charge in [0.1, 0.15) is 0 Å². The number of para-hydroxylation sites is 3. The average Bonchev–Trinajstić information content (AvgIpc) is 3.14. The van der Waals surface area contributed by atoms with Gasteiger partial charge in [0.15, 0.2) is 0 Å². The summed E-state index contributed by atoms with van der Waals surface area (Å²) in [6.07, 6.45) is 15.5. The Labute approximate surface area is 212 Å². The predicted molar refractivity (Wildman–Crippen MR) is 157 cm³/mol. The summed E-state index contributed by atoms with van der Waals surface area (Å²) in [7, 11) is 0. The zero-order chi connectivity index (χ0) is 24.6. The highest BCUT2D eigenvalue weighted by Gasteiger charge is 2.19. The van der Waals surface area contributed by atoms with Gasteiger partial charge in [0.2, 0.25) is 0 Å². The SMILES string of the molecule is C=c1c(-c2cccc3c4ccccc4n(-c4ccccc4)c23)c2c(c/c1=C/C=C\C)C=CC(C)C=C2. The van der Waals surface area contributed by atoms with Crippen LogP contribution < -0.4 is 10.4 Å². The van der Waals surface area contributed by atoms with Crippen LogP contribution in [0.5, 0.6) is 0 Å². The molecular weight excluding hydrogens is 434 g/mol. The van der Waals surface area contributed by atoms with Gasteiger partial charge in [-0.3, -0.25) is 0 Å². The predicted octanol–water partition coefficient (Wildman–Crippen LogP) is 7.89. The fourth-order valence-corrected chi connectivity index (χ4v) is 5.39. The van der Waals surface area contributed by atoms with Crippen LogP contribution in [0.4, 0.5) is 0 Å². The molecule has 4 aromatic carbocycles. The Morgan fingerprint density at radius 1 is 0.833 bits per heavy atom. The van der Waals surface area contributed by atoms with E-state index in [9.17, 15) is 0 Å². The van der Waals surface area contributed by atoms with Crippen molar-refractivity contribution in [2.24, 2.45) is 5.92 Å². The fraction of sp³-hybridized carbons (Fsp3) is 0.0857. The van der Waals surface area contributed by atoms with E-state index in [1.807, 2.05) is 6.92 Å². The van der Waals surface area contributed by atoms with Gasteiger partial charge in [0.25, 0.3) is 0 Å². The molecule has 174 valence electrons. The number of allylic oxidation sites excluding steroid dienone is 4. The highest BCUT2D eigenvalue weighted by Crippen LogP contribution is 2.39. The first kappa shape index (κ1) is 22.1. The van der Waals surface area contributed by atoms with Crippen molar-refractivity contribution in [1.82, 2.24) is 4.57 Å². The van der Waals surface area contributed by atoms with E-state index in [0.29, 0.717) is 5.92 Å². The van der Waals surface area contributed by atoms with Gasteiger partial charge in [0, 0.05) is 22.0 Å². The second kappa shape index (κ2) is 9.02. The minimum absolute atomic E-state index is 0.382. The highest BCUT2D eigenvalue weighted by atomic mass is 15.0. The van der Waals surface area contributed by atoms with E-state index in [1.54, 1.807) is 0 Å². The van der Waals surface area contributed by atoms with Crippen molar-refractivity contribution in [2.45, 2.75) is 13.8 Å². The lowest BCUT2D eigenvalue weighted by molar-refractivity contribution is 0.954. The van der Waals surface area contributed by atoms with E-state index >= 15 is 0 Å². The van der Waals surface area contributed by atoms with Crippen molar-refractivity contribution >= 4 is 46.6 Å². The zero-order valence-corrected chi connectivity index (χ0v) is 20.8. The van der Waals surface area contributed by atoms with E-state index < -0.39 is 0 Å². The van der Waals surface area contributed by atoms with Gasteiger partial charge in [-0.15, -0.1) is 0 Å². The number of rotatable bonds is 3. The van der Waals surface area contributed by atoms with Crippen molar-refractivity contribution in [2.75, 3.05) is 0 Å². The van der Waals surface area contributed by atoms with Crippen LogP contribution in [0.3, 0.4) is 0 Å². The summed E-state index contributed by atoms with van der Waals surface area (Å²) in [5, 5.41) is 4.71. The molecule has 5 aromatic rings. The van der Waals surface area contributed by atoms with Crippen LogP contribution in [0.1, 0.15) is 25.0 Å². The Bertz CT molecular complexity index is 1810. The van der Waals surface area contributed by atoms with Crippen molar-refractivity contribution in [1.29, 1.82) is 0 Å². The smallest absolute Gasteiger partial charge is 0.0619 e. The molecule has 0 fully saturated rings. The lowest BCUT2D eigenvalue weighted by atomic mass is 9.91. The summed E-state index contributed by atoms with van der Waals surface area (Å²) in [5.41, 5.74) is 8.46. The maximum atomic E-state index is 4.64. The Morgan fingerprint density at radius 2 is 1.58 bits per heavy atom. The van der Waals surface area contributed by atoms with E-state index in [-0.39, 0.29) is 0 Å². The molecule has 0 saturated carbocycles. The maximum absolute atomic E-state index is 4.64. The van der Waals surface area contributed by atoms with E-state index in [2.05, 4.69) is 139 Å². The summed E-state index contributed by atoms with van der Waals surface area (Å²) < 4.78 is 2.41. The normalized spacial score (nSPS) is 15.7. The third kappa shape index (κ3) is 3.56. The molecule has 1 aliphatic rings. The maximum Gasteiger partial charge on any atom is 0.0619 e. The van der Waals surface area contributed by atoms with Gasteiger partial charge in [0.05, 0.1) is 11.0 Å². The highest BCUT2D eigenvalue weighted by molar-refractivity contribution is 6.14. The van der Waals surface area contributed by atoms with E-state index in [4.69, 9.17) is 0 Å². The van der Waals surface area contributed by atoms with Crippen LogP contribution in [-0.2, 0) is 0 Å².